The van der Waals surface area contributed by atoms with E-state index in [2.05, 4.69) is 31.9 Å². The Morgan fingerprint density at radius 3 is 1.87 bits per heavy atom. The molecule has 0 spiro atoms. The fourth-order valence-corrected chi connectivity index (χ4v) is 2.91. The summed E-state index contributed by atoms with van der Waals surface area (Å²) in [5.74, 6) is 0.122. The van der Waals surface area contributed by atoms with Gasteiger partial charge in [-0.15, -0.1) is 0 Å². The van der Waals surface area contributed by atoms with Crippen LogP contribution in [0.15, 0.2) is 57.5 Å². The fourth-order valence-electron chi connectivity index (χ4n) is 2.39. The van der Waals surface area contributed by atoms with Gasteiger partial charge in [0.05, 0.1) is 6.10 Å². The Labute approximate surface area is 154 Å². The van der Waals surface area contributed by atoms with Crippen molar-refractivity contribution in [2.75, 3.05) is 0 Å². The Balaban J connectivity index is 1.69. The van der Waals surface area contributed by atoms with E-state index in [4.69, 9.17) is 0 Å². The minimum absolute atomic E-state index is 0.122. The van der Waals surface area contributed by atoms with Crippen LogP contribution in [0.3, 0.4) is 0 Å². The molecule has 0 aromatic heterocycles. The Morgan fingerprint density at radius 2 is 1.35 bits per heavy atom. The maximum atomic E-state index is 12.0. The van der Waals surface area contributed by atoms with Crippen molar-refractivity contribution in [1.29, 1.82) is 0 Å². The number of ketones is 1. The molecule has 0 saturated carbocycles. The molecule has 0 heterocycles. The van der Waals surface area contributed by atoms with Crippen molar-refractivity contribution in [3.8, 4) is 0 Å². The molecule has 2 aromatic carbocycles. The van der Waals surface area contributed by atoms with Crippen LogP contribution in [-0.2, 0) is 17.6 Å². The van der Waals surface area contributed by atoms with Crippen LogP contribution >= 0.6 is 31.9 Å². The second-order valence-corrected chi connectivity index (χ2v) is 7.52. The molecule has 23 heavy (non-hydrogen) atoms. The molecular formula is C19H20Br2O2. The number of benzene rings is 2. The average Bonchev–Trinajstić information content (AvgIpc) is 2.54. The molecule has 0 fully saturated rings. The number of carbonyl (C=O) groups is 1. The smallest absolute Gasteiger partial charge is 0.135 e. The third-order valence-corrected chi connectivity index (χ3v) is 4.81. The van der Waals surface area contributed by atoms with Crippen LogP contribution in [-0.4, -0.2) is 17.0 Å². The molecule has 2 rings (SSSR count). The number of aryl methyl sites for hydroxylation is 2. The topological polar surface area (TPSA) is 37.3 Å². The van der Waals surface area contributed by atoms with Gasteiger partial charge in [-0.2, -0.15) is 0 Å². The lowest BCUT2D eigenvalue weighted by Crippen LogP contribution is -2.14. The third-order valence-electron chi connectivity index (χ3n) is 3.75. The molecule has 0 saturated heterocycles. The lowest BCUT2D eigenvalue weighted by Gasteiger charge is -2.10. The van der Waals surface area contributed by atoms with Gasteiger partial charge in [-0.3, -0.25) is 4.79 Å². The van der Waals surface area contributed by atoms with Gasteiger partial charge in [0.15, 0.2) is 0 Å². The summed E-state index contributed by atoms with van der Waals surface area (Å²) in [6.45, 7) is 0. The molecule has 1 N–H and O–H groups in total. The van der Waals surface area contributed by atoms with Gasteiger partial charge in [0, 0.05) is 21.8 Å². The highest BCUT2D eigenvalue weighted by atomic mass is 79.9. The van der Waals surface area contributed by atoms with Crippen molar-refractivity contribution >= 4 is 37.6 Å². The number of aliphatic hydroxyl groups excluding tert-OH is 1. The number of aliphatic hydroxyl groups is 1. The van der Waals surface area contributed by atoms with Gasteiger partial charge >= 0.3 is 0 Å². The molecule has 0 radical (unpaired) electrons. The highest BCUT2D eigenvalue weighted by Crippen LogP contribution is 2.15. The van der Waals surface area contributed by atoms with E-state index in [1.165, 1.54) is 5.56 Å². The van der Waals surface area contributed by atoms with Gasteiger partial charge in [-0.25, -0.2) is 0 Å². The normalized spacial score (nSPS) is 12.1. The van der Waals surface area contributed by atoms with E-state index in [1.807, 2.05) is 48.5 Å². The molecule has 0 aliphatic heterocycles. The SMILES string of the molecule is O=C(CCc1ccc(Br)cc1)C[C@@H](O)CCc1ccc(Br)cc1. The minimum atomic E-state index is -0.559. The van der Waals surface area contributed by atoms with E-state index < -0.39 is 6.10 Å². The van der Waals surface area contributed by atoms with Crippen molar-refractivity contribution in [3.05, 3.63) is 68.6 Å². The Kier molecular flexibility index (Phi) is 7.47. The van der Waals surface area contributed by atoms with Crippen LogP contribution in [0.1, 0.15) is 30.4 Å². The zero-order valence-electron chi connectivity index (χ0n) is 12.8. The maximum absolute atomic E-state index is 12.0. The first kappa shape index (κ1) is 18.4. The standard InChI is InChI=1S/C19H20Br2O2/c20-16-7-1-14(2-8-16)5-11-18(22)13-19(23)12-6-15-3-9-17(21)10-4-15/h1-4,7-10,18,22H,5-6,11-13H2/t18-/m0/s1. The zero-order chi connectivity index (χ0) is 16.7. The van der Waals surface area contributed by atoms with Crippen LogP contribution in [0.2, 0.25) is 0 Å². The van der Waals surface area contributed by atoms with Crippen molar-refractivity contribution in [3.63, 3.8) is 0 Å². The van der Waals surface area contributed by atoms with Crippen LogP contribution in [0, 0.1) is 0 Å². The molecule has 4 heteroatoms. The minimum Gasteiger partial charge on any atom is -0.393 e. The molecule has 122 valence electrons. The quantitative estimate of drug-likeness (QED) is 0.621. The summed E-state index contributed by atoms with van der Waals surface area (Å²) in [6.07, 6.45) is 2.30. The molecule has 0 aliphatic rings. The Bertz CT molecular complexity index is 621. The second kappa shape index (κ2) is 9.36. The molecule has 1 atom stereocenters. The van der Waals surface area contributed by atoms with Crippen LogP contribution in [0.25, 0.3) is 0 Å². The van der Waals surface area contributed by atoms with Crippen molar-refractivity contribution in [1.82, 2.24) is 0 Å². The van der Waals surface area contributed by atoms with Crippen LogP contribution in [0.4, 0.5) is 0 Å². The molecule has 0 bridgehead atoms. The Hall–Kier alpha value is -0.970. The van der Waals surface area contributed by atoms with Gasteiger partial charge < -0.3 is 5.11 Å². The third kappa shape index (κ3) is 6.98. The maximum Gasteiger partial charge on any atom is 0.135 e. The number of carbonyl (C=O) groups excluding carboxylic acids is 1. The highest BCUT2D eigenvalue weighted by Gasteiger charge is 2.11. The van der Waals surface area contributed by atoms with Crippen LogP contribution < -0.4 is 0 Å². The van der Waals surface area contributed by atoms with Gasteiger partial charge in [-0.05, 0) is 54.7 Å². The van der Waals surface area contributed by atoms with Crippen molar-refractivity contribution < 1.29 is 9.90 Å². The van der Waals surface area contributed by atoms with E-state index in [9.17, 15) is 9.90 Å². The summed E-state index contributed by atoms with van der Waals surface area (Å²) in [5, 5.41) is 10.0. The first-order valence-electron chi connectivity index (χ1n) is 7.71. The summed E-state index contributed by atoms with van der Waals surface area (Å²) in [7, 11) is 0. The number of rotatable bonds is 8. The monoisotopic (exact) mass is 438 g/mol. The summed E-state index contributed by atoms with van der Waals surface area (Å²) >= 11 is 6.80. The fraction of sp³-hybridized carbons (Fsp3) is 0.316. The second-order valence-electron chi connectivity index (χ2n) is 5.69. The zero-order valence-corrected chi connectivity index (χ0v) is 16.0. The van der Waals surface area contributed by atoms with E-state index in [0.29, 0.717) is 12.8 Å². The predicted octanol–water partition coefficient (Wildman–Crippen LogP) is 5.10. The van der Waals surface area contributed by atoms with E-state index in [-0.39, 0.29) is 12.2 Å². The molecule has 0 amide bonds. The summed E-state index contributed by atoms with van der Waals surface area (Å²) in [6, 6.07) is 16.0. The van der Waals surface area contributed by atoms with E-state index in [1.54, 1.807) is 0 Å². The molecular weight excluding hydrogens is 420 g/mol. The van der Waals surface area contributed by atoms with Gasteiger partial charge in [0.2, 0.25) is 0 Å². The first-order valence-corrected chi connectivity index (χ1v) is 9.30. The lowest BCUT2D eigenvalue weighted by molar-refractivity contribution is -0.120. The lowest BCUT2D eigenvalue weighted by atomic mass is 10.0. The molecule has 0 unspecified atom stereocenters. The Morgan fingerprint density at radius 1 is 0.870 bits per heavy atom. The number of Topliss-reactive ketones (excluding diaryl/α,β-unsaturated/α-hetero) is 1. The summed E-state index contributed by atoms with van der Waals surface area (Å²) < 4.78 is 2.08. The van der Waals surface area contributed by atoms with E-state index in [0.717, 1.165) is 27.4 Å². The molecule has 0 aliphatic carbocycles. The van der Waals surface area contributed by atoms with Crippen molar-refractivity contribution in [2.45, 2.75) is 38.2 Å². The highest BCUT2D eigenvalue weighted by molar-refractivity contribution is 9.10. The van der Waals surface area contributed by atoms with Gasteiger partial charge in [0.1, 0.15) is 5.78 Å². The van der Waals surface area contributed by atoms with Crippen molar-refractivity contribution in [2.24, 2.45) is 0 Å². The summed E-state index contributed by atoms with van der Waals surface area (Å²) in [5.41, 5.74) is 2.32. The van der Waals surface area contributed by atoms with Gasteiger partial charge in [0.25, 0.3) is 0 Å². The molecule has 2 aromatic rings. The van der Waals surface area contributed by atoms with Crippen LogP contribution in [0.5, 0.6) is 0 Å². The van der Waals surface area contributed by atoms with Gasteiger partial charge in [-0.1, -0.05) is 56.1 Å². The number of hydrogen-bond acceptors (Lipinski definition) is 2. The average molecular weight is 440 g/mol. The first-order chi connectivity index (χ1) is 11.0. The predicted molar refractivity (Wildman–Crippen MR) is 101 cm³/mol. The number of hydrogen-bond donors (Lipinski definition) is 1. The number of halogens is 2. The largest absolute Gasteiger partial charge is 0.393 e. The molecule has 2 nitrogen and oxygen atoms in total. The van der Waals surface area contributed by atoms with E-state index >= 15 is 0 Å². The summed E-state index contributed by atoms with van der Waals surface area (Å²) in [4.78, 5) is 12.0.